The van der Waals surface area contributed by atoms with E-state index in [0.29, 0.717) is 29.0 Å². The van der Waals surface area contributed by atoms with Gasteiger partial charge in [0.2, 0.25) is 11.8 Å². The van der Waals surface area contributed by atoms with Crippen LogP contribution in [0.15, 0.2) is 66.0 Å². The van der Waals surface area contributed by atoms with Crippen LogP contribution in [-0.2, 0) is 15.1 Å². The van der Waals surface area contributed by atoms with Crippen molar-refractivity contribution in [3.05, 3.63) is 78.1 Å². The van der Waals surface area contributed by atoms with E-state index in [-0.39, 0.29) is 17.4 Å². The van der Waals surface area contributed by atoms with Crippen LogP contribution < -0.4 is 16.1 Å². The van der Waals surface area contributed by atoms with Crippen molar-refractivity contribution in [1.29, 1.82) is 0 Å². The van der Waals surface area contributed by atoms with Crippen LogP contribution in [0, 0.1) is 11.6 Å². The van der Waals surface area contributed by atoms with Crippen molar-refractivity contribution >= 4 is 34.7 Å². The molecule has 3 N–H and O–H groups in total. The van der Waals surface area contributed by atoms with E-state index in [1.165, 1.54) is 26.0 Å². The molecule has 1 aliphatic rings. The molecule has 1 unspecified atom stereocenters. The number of carbonyl (C=O) groups is 2. The zero-order chi connectivity index (χ0) is 25.4. The van der Waals surface area contributed by atoms with E-state index in [0.717, 1.165) is 17.1 Å². The van der Waals surface area contributed by atoms with Crippen molar-refractivity contribution in [2.75, 3.05) is 11.9 Å². The fourth-order valence-corrected chi connectivity index (χ4v) is 4.41. The van der Waals surface area contributed by atoms with Gasteiger partial charge in [-0.3, -0.25) is 14.2 Å². The van der Waals surface area contributed by atoms with Gasteiger partial charge < -0.3 is 16.1 Å². The van der Waals surface area contributed by atoms with Gasteiger partial charge in [-0.05, 0) is 53.6 Å². The Labute approximate surface area is 205 Å². The SMILES string of the molecule is CC(=O)Nc1cc(-c2ccc(F)cc2F)cc(-n2cnc3cc(C4(NC(C)=O)C=NNC4)ccc32)c1. The molecule has 2 heterocycles. The second-order valence-electron chi connectivity index (χ2n) is 8.64. The maximum absolute atomic E-state index is 14.6. The summed E-state index contributed by atoms with van der Waals surface area (Å²) in [7, 11) is 0. The molecule has 182 valence electrons. The van der Waals surface area contributed by atoms with E-state index in [1.807, 2.05) is 18.2 Å². The van der Waals surface area contributed by atoms with Crippen molar-refractivity contribution in [2.24, 2.45) is 5.10 Å². The minimum atomic E-state index is -0.789. The Bertz CT molecular complexity index is 1550. The normalized spacial score (nSPS) is 16.7. The van der Waals surface area contributed by atoms with Crippen LogP contribution in [0.1, 0.15) is 19.4 Å². The highest BCUT2D eigenvalue weighted by Crippen LogP contribution is 2.32. The summed E-state index contributed by atoms with van der Waals surface area (Å²) >= 11 is 0. The summed E-state index contributed by atoms with van der Waals surface area (Å²) < 4.78 is 29.9. The molecular weight excluding hydrogens is 466 g/mol. The first-order chi connectivity index (χ1) is 17.2. The molecule has 1 atom stereocenters. The van der Waals surface area contributed by atoms with Crippen LogP contribution in [0.3, 0.4) is 0 Å². The molecule has 10 heteroatoms. The Morgan fingerprint density at radius 2 is 1.86 bits per heavy atom. The minimum Gasteiger partial charge on any atom is -0.340 e. The second kappa shape index (κ2) is 8.88. The van der Waals surface area contributed by atoms with Gasteiger partial charge in [-0.15, -0.1) is 0 Å². The number of hydrazone groups is 1. The molecule has 1 aliphatic heterocycles. The summed E-state index contributed by atoms with van der Waals surface area (Å²) in [6.45, 7) is 3.24. The fourth-order valence-electron chi connectivity index (χ4n) is 4.41. The van der Waals surface area contributed by atoms with Gasteiger partial charge in [-0.1, -0.05) is 6.07 Å². The summed E-state index contributed by atoms with van der Waals surface area (Å²) in [5, 5.41) is 9.76. The number of aromatic nitrogens is 2. The smallest absolute Gasteiger partial charge is 0.221 e. The number of anilines is 1. The zero-order valence-electron chi connectivity index (χ0n) is 19.5. The number of nitrogens with zero attached hydrogens (tertiary/aromatic N) is 3. The molecule has 0 saturated carbocycles. The summed E-state index contributed by atoms with van der Waals surface area (Å²) in [6, 6.07) is 14.1. The van der Waals surface area contributed by atoms with Crippen LogP contribution >= 0.6 is 0 Å². The van der Waals surface area contributed by atoms with E-state index in [2.05, 4.69) is 26.1 Å². The summed E-state index contributed by atoms with van der Waals surface area (Å²) in [4.78, 5) is 28.1. The van der Waals surface area contributed by atoms with Gasteiger partial charge in [-0.2, -0.15) is 5.10 Å². The lowest BCUT2D eigenvalue weighted by Crippen LogP contribution is -2.48. The number of fused-ring (bicyclic) bond motifs is 1. The Balaban J connectivity index is 1.62. The molecular formula is C26H22F2N6O2. The third-order valence-electron chi connectivity index (χ3n) is 5.95. The Hall–Kier alpha value is -4.60. The van der Waals surface area contributed by atoms with Gasteiger partial charge in [0.05, 0.1) is 23.8 Å². The first kappa shape index (κ1) is 23.2. The quantitative estimate of drug-likeness (QED) is 0.397. The number of halogens is 2. The van der Waals surface area contributed by atoms with E-state index in [4.69, 9.17) is 0 Å². The maximum atomic E-state index is 14.6. The van der Waals surface area contributed by atoms with Crippen LogP contribution in [0.5, 0.6) is 0 Å². The fraction of sp³-hybridized carbons (Fsp3) is 0.154. The third kappa shape index (κ3) is 4.28. The van der Waals surface area contributed by atoms with Crippen LogP contribution in [0.25, 0.3) is 27.8 Å². The second-order valence-corrected chi connectivity index (χ2v) is 8.64. The molecule has 0 aliphatic carbocycles. The largest absolute Gasteiger partial charge is 0.340 e. The van der Waals surface area contributed by atoms with Gasteiger partial charge in [0, 0.05) is 36.9 Å². The molecule has 0 radical (unpaired) electrons. The first-order valence-corrected chi connectivity index (χ1v) is 11.2. The Morgan fingerprint density at radius 1 is 1.03 bits per heavy atom. The predicted molar refractivity (Wildman–Crippen MR) is 133 cm³/mol. The van der Waals surface area contributed by atoms with E-state index in [9.17, 15) is 18.4 Å². The van der Waals surface area contributed by atoms with Crippen molar-refractivity contribution in [2.45, 2.75) is 19.4 Å². The van der Waals surface area contributed by atoms with Gasteiger partial charge >= 0.3 is 0 Å². The Kier molecular flexibility index (Phi) is 5.71. The predicted octanol–water partition coefficient (Wildman–Crippen LogP) is 3.85. The minimum absolute atomic E-state index is 0.189. The number of nitrogens with one attached hydrogen (secondary N) is 3. The number of hydrogen-bond acceptors (Lipinski definition) is 5. The lowest BCUT2D eigenvalue weighted by atomic mass is 9.91. The average molecular weight is 488 g/mol. The highest BCUT2D eigenvalue weighted by atomic mass is 19.1. The highest BCUT2D eigenvalue weighted by molar-refractivity contribution is 5.91. The molecule has 0 saturated heterocycles. The van der Waals surface area contributed by atoms with E-state index in [1.54, 1.807) is 35.3 Å². The van der Waals surface area contributed by atoms with Gasteiger partial charge in [0.15, 0.2) is 0 Å². The molecule has 0 fully saturated rings. The van der Waals surface area contributed by atoms with Gasteiger partial charge in [0.25, 0.3) is 0 Å². The summed E-state index contributed by atoms with van der Waals surface area (Å²) in [5.41, 5.74) is 6.06. The lowest BCUT2D eigenvalue weighted by molar-refractivity contribution is -0.120. The maximum Gasteiger partial charge on any atom is 0.221 e. The molecule has 36 heavy (non-hydrogen) atoms. The molecule has 0 bridgehead atoms. The van der Waals surface area contributed by atoms with Crippen LogP contribution in [0.4, 0.5) is 14.5 Å². The average Bonchev–Trinajstić information content (AvgIpc) is 3.45. The van der Waals surface area contributed by atoms with Crippen LogP contribution in [0.2, 0.25) is 0 Å². The zero-order valence-corrected chi connectivity index (χ0v) is 19.5. The highest BCUT2D eigenvalue weighted by Gasteiger charge is 2.35. The third-order valence-corrected chi connectivity index (χ3v) is 5.95. The van der Waals surface area contributed by atoms with Gasteiger partial charge in [-0.25, -0.2) is 13.8 Å². The lowest BCUT2D eigenvalue weighted by Gasteiger charge is -2.26. The number of hydrogen-bond donors (Lipinski definition) is 3. The molecule has 5 rings (SSSR count). The number of benzene rings is 3. The molecule has 2 amide bonds. The number of imidazole rings is 1. The van der Waals surface area contributed by atoms with Gasteiger partial charge in [0.1, 0.15) is 23.5 Å². The Morgan fingerprint density at radius 3 is 2.56 bits per heavy atom. The van der Waals surface area contributed by atoms with E-state index < -0.39 is 17.2 Å². The van der Waals surface area contributed by atoms with Crippen molar-refractivity contribution < 1.29 is 18.4 Å². The van der Waals surface area contributed by atoms with Crippen molar-refractivity contribution in [3.63, 3.8) is 0 Å². The molecule has 1 aromatic heterocycles. The van der Waals surface area contributed by atoms with Crippen molar-refractivity contribution in [3.8, 4) is 16.8 Å². The standard InChI is InChI=1S/C26H22F2N6O2/c1-15(35)32-20-7-17(22-5-4-19(27)10-23(22)28)8-21(11-20)34-14-29-24-9-18(3-6-25(24)34)26(33-16(2)36)12-30-31-13-26/h3-12,14,31H,13H2,1-2H3,(H,32,35)(H,33,36). The molecule has 4 aromatic rings. The van der Waals surface area contributed by atoms with E-state index >= 15 is 0 Å². The molecule has 8 nitrogen and oxygen atoms in total. The number of rotatable bonds is 5. The summed E-state index contributed by atoms with van der Waals surface area (Å²) in [5.74, 6) is -1.86. The molecule has 0 spiro atoms. The number of carbonyl (C=O) groups excluding carboxylic acids is 2. The summed E-state index contributed by atoms with van der Waals surface area (Å²) in [6.07, 6.45) is 3.28. The van der Waals surface area contributed by atoms with Crippen LogP contribution in [-0.4, -0.2) is 34.1 Å². The topological polar surface area (TPSA) is 100 Å². The van der Waals surface area contributed by atoms with Crippen molar-refractivity contribution in [1.82, 2.24) is 20.3 Å². The first-order valence-electron chi connectivity index (χ1n) is 11.2. The number of amides is 2. The monoisotopic (exact) mass is 488 g/mol. The molecule has 3 aromatic carbocycles.